The fourth-order valence-electron chi connectivity index (χ4n) is 3.69. The Hall–Kier alpha value is -4.16. The van der Waals surface area contributed by atoms with Crippen LogP contribution in [0, 0.1) is 18.3 Å². The second-order valence-electron chi connectivity index (χ2n) is 7.97. The lowest BCUT2D eigenvalue weighted by molar-refractivity contribution is -0.138. The van der Waals surface area contributed by atoms with Crippen LogP contribution < -0.4 is 15.4 Å². The molecule has 0 unspecified atom stereocenters. The predicted octanol–water partition coefficient (Wildman–Crippen LogP) is 4.51. The number of hydrogen-bond acceptors (Lipinski definition) is 8. The Morgan fingerprint density at radius 1 is 1.25 bits per heavy atom. The number of hydrogen-bond donors (Lipinski definition) is 3. The number of carbonyl (C=O) groups excluding carboxylic acids is 2. The van der Waals surface area contributed by atoms with Crippen LogP contribution in [0.2, 0.25) is 0 Å². The van der Waals surface area contributed by atoms with Gasteiger partial charge in [-0.15, -0.1) is 0 Å². The highest BCUT2D eigenvalue weighted by Gasteiger charge is 2.36. The summed E-state index contributed by atoms with van der Waals surface area (Å²) >= 11 is 1.16. The third-order valence-electron chi connectivity index (χ3n) is 5.42. The highest BCUT2D eigenvalue weighted by molar-refractivity contribution is 8.03. The number of methoxy groups -OCH3 is 1. The summed E-state index contributed by atoms with van der Waals surface area (Å²) < 4.78 is 10.5. The number of allylic oxidation sites excluding steroid dienone is 2. The standard InChI is InChI=1S/C27H27N3O5S/c1-5-12-35-27(33)24-17(3)29-26(36-15-23(32)30-19-9-6-16(2)7-10-19)20(14-28)25(24)18-8-11-21(31)22(13-18)34-4/h5-11,13,25,29,31H,1,12,15H2,2-4H3,(H,30,32)/t25-/m0/s1. The van der Waals surface area contributed by atoms with Crippen molar-refractivity contribution in [2.24, 2.45) is 0 Å². The average molecular weight is 506 g/mol. The van der Waals surface area contributed by atoms with Crippen LogP contribution in [0.4, 0.5) is 5.69 Å². The second-order valence-corrected chi connectivity index (χ2v) is 8.96. The van der Waals surface area contributed by atoms with Crippen molar-refractivity contribution in [3.05, 3.63) is 88.1 Å². The highest BCUT2D eigenvalue weighted by atomic mass is 32.2. The van der Waals surface area contributed by atoms with Gasteiger partial charge in [0.15, 0.2) is 11.5 Å². The molecule has 0 aliphatic carbocycles. The Morgan fingerprint density at radius 2 is 1.97 bits per heavy atom. The molecule has 1 aliphatic rings. The van der Waals surface area contributed by atoms with E-state index in [9.17, 15) is 20.0 Å². The smallest absolute Gasteiger partial charge is 0.337 e. The zero-order valence-electron chi connectivity index (χ0n) is 20.3. The lowest BCUT2D eigenvalue weighted by Crippen LogP contribution is -2.29. The number of amides is 1. The lowest BCUT2D eigenvalue weighted by Gasteiger charge is -2.29. The average Bonchev–Trinajstić information content (AvgIpc) is 2.87. The molecule has 0 bridgehead atoms. The molecule has 0 aromatic heterocycles. The van der Waals surface area contributed by atoms with Gasteiger partial charge in [-0.25, -0.2) is 4.79 Å². The molecular weight excluding hydrogens is 478 g/mol. The summed E-state index contributed by atoms with van der Waals surface area (Å²) in [6, 6.07) is 14.3. The van der Waals surface area contributed by atoms with Gasteiger partial charge in [-0.05, 0) is 43.7 Å². The van der Waals surface area contributed by atoms with Gasteiger partial charge in [0.25, 0.3) is 0 Å². The van der Waals surface area contributed by atoms with Gasteiger partial charge in [0.1, 0.15) is 6.61 Å². The predicted molar refractivity (Wildman–Crippen MR) is 139 cm³/mol. The number of nitriles is 1. The normalized spacial score (nSPS) is 15.0. The first kappa shape index (κ1) is 26.4. The van der Waals surface area contributed by atoms with Crippen molar-refractivity contribution in [2.75, 3.05) is 24.8 Å². The summed E-state index contributed by atoms with van der Waals surface area (Å²) in [5, 5.41) is 26.6. The minimum atomic E-state index is -0.800. The number of aryl methyl sites for hydroxylation is 1. The molecule has 1 heterocycles. The van der Waals surface area contributed by atoms with Crippen molar-refractivity contribution < 1.29 is 24.2 Å². The number of anilines is 1. The van der Waals surface area contributed by atoms with E-state index in [2.05, 4.69) is 23.3 Å². The van der Waals surface area contributed by atoms with Crippen LogP contribution in [0.25, 0.3) is 0 Å². The van der Waals surface area contributed by atoms with Crippen LogP contribution in [0.5, 0.6) is 11.5 Å². The first-order valence-electron chi connectivity index (χ1n) is 11.0. The molecule has 3 rings (SSSR count). The molecule has 2 aromatic carbocycles. The van der Waals surface area contributed by atoms with Crippen LogP contribution in [-0.2, 0) is 14.3 Å². The topological polar surface area (TPSA) is 121 Å². The van der Waals surface area contributed by atoms with E-state index in [1.54, 1.807) is 19.1 Å². The number of phenolic OH excluding ortho intramolecular Hbond substituents is 1. The molecule has 2 aromatic rings. The Kier molecular flexibility index (Phi) is 8.81. The molecule has 186 valence electrons. The van der Waals surface area contributed by atoms with Crippen molar-refractivity contribution in [2.45, 2.75) is 19.8 Å². The van der Waals surface area contributed by atoms with E-state index in [1.165, 1.54) is 19.3 Å². The second kappa shape index (κ2) is 12.0. The maximum Gasteiger partial charge on any atom is 0.337 e. The first-order valence-corrected chi connectivity index (χ1v) is 12.0. The van der Waals surface area contributed by atoms with Crippen LogP contribution >= 0.6 is 11.8 Å². The zero-order valence-corrected chi connectivity index (χ0v) is 21.1. The van der Waals surface area contributed by atoms with Crippen LogP contribution in [0.15, 0.2) is 77.0 Å². The Bertz CT molecular complexity index is 1280. The minimum absolute atomic E-state index is 0.00756. The number of thioether (sulfide) groups is 1. The molecule has 9 heteroatoms. The summed E-state index contributed by atoms with van der Waals surface area (Å²) in [4.78, 5) is 25.6. The Balaban J connectivity index is 1.94. The van der Waals surface area contributed by atoms with E-state index in [-0.39, 0.29) is 40.9 Å². The van der Waals surface area contributed by atoms with Crippen molar-refractivity contribution >= 4 is 29.3 Å². The van der Waals surface area contributed by atoms with Gasteiger partial charge in [0.05, 0.1) is 41.0 Å². The van der Waals surface area contributed by atoms with E-state index in [0.717, 1.165) is 17.3 Å². The van der Waals surface area contributed by atoms with Crippen molar-refractivity contribution in [1.29, 1.82) is 5.26 Å². The summed E-state index contributed by atoms with van der Waals surface area (Å²) in [5.41, 5.74) is 3.28. The molecule has 36 heavy (non-hydrogen) atoms. The molecule has 0 fully saturated rings. The summed E-state index contributed by atoms with van der Waals surface area (Å²) in [5.74, 6) is -1.48. The number of benzene rings is 2. The number of rotatable bonds is 9. The van der Waals surface area contributed by atoms with E-state index in [1.807, 2.05) is 31.2 Å². The van der Waals surface area contributed by atoms with Crippen molar-refractivity contribution in [3.8, 4) is 17.6 Å². The van der Waals surface area contributed by atoms with E-state index >= 15 is 0 Å². The SMILES string of the molecule is C=CCOC(=O)C1=C(C)NC(SCC(=O)Nc2ccc(C)cc2)=C(C#N)[C@@H]1c1ccc(O)c(OC)c1. The number of phenols is 1. The molecule has 1 atom stereocenters. The summed E-state index contributed by atoms with van der Waals surface area (Å²) in [7, 11) is 1.41. The van der Waals surface area contributed by atoms with Gasteiger partial charge in [0, 0.05) is 11.4 Å². The largest absolute Gasteiger partial charge is 0.504 e. The summed E-state index contributed by atoms with van der Waals surface area (Å²) in [6.45, 7) is 7.24. The molecule has 0 saturated heterocycles. The van der Waals surface area contributed by atoms with E-state index < -0.39 is 11.9 Å². The lowest BCUT2D eigenvalue weighted by atomic mass is 9.82. The third-order valence-corrected chi connectivity index (χ3v) is 6.44. The monoisotopic (exact) mass is 505 g/mol. The molecule has 0 radical (unpaired) electrons. The molecule has 3 N–H and O–H groups in total. The number of nitrogens with zero attached hydrogens (tertiary/aromatic N) is 1. The van der Waals surface area contributed by atoms with Crippen LogP contribution in [0.1, 0.15) is 24.0 Å². The van der Waals surface area contributed by atoms with Crippen molar-refractivity contribution in [3.63, 3.8) is 0 Å². The van der Waals surface area contributed by atoms with Gasteiger partial charge >= 0.3 is 5.97 Å². The quantitative estimate of drug-likeness (QED) is 0.336. The molecule has 0 saturated carbocycles. The van der Waals surface area contributed by atoms with E-state index in [4.69, 9.17) is 9.47 Å². The fourth-order valence-corrected chi connectivity index (χ4v) is 4.58. The molecule has 0 spiro atoms. The summed E-state index contributed by atoms with van der Waals surface area (Å²) in [6.07, 6.45) is 1.46. The number of esters is 1. The van der Waals surface area contributed by atoms with Gasteiger partial charge in [-0.3, -0.25) is 4.79 Å². The number of aromatic hydroxyl groups is 1. The fraction of sp³-hybridized carbons (Fsp3) is 0.222. The Morgan fingerprint density at radius 3 is 2.61 bits per heavy atom. The molecule has 8 nitrogen and oxygen atoms in total. The van der Waals surface area contributed by atoms with Crippen LogP contribution in [-0.4, -0.2) is 36.5 Å². The number of dihydropyridines is 1. The van der Waals surface area contributed by atoms with E-state index in [0.29, 0.717) is 22.0 Å². The minimum Gasteiger partial charge on any atom is -0.504 e. The Labute approximate surface area is 214 Å². The van der Waals surface area contributed by atoms with Gasteiger partial charge in [-0.2, -0.15) is 5.26 Å². The van der Waals surface area contributed by atoms with Crippen LogP contribution in [0.3, 0.4) is 0 Å². The van der Waals surface area contributed by atoms with Gasteiger partial charge in [0.2, 0.25) is 5.91 Å². The maximum absolute atomic E-state index is 13.0. The maximum atomic E-state index is 13.0. The first-order chi connectivity index (χ1) is 17.3. The zero-order chi connectivity index (χ0) is 26.2. The number of ether oxygens (including phenoxy) is 2. The molecule has 1 amide bonds. The molecular formula is C27H27N3O5S. The highest BCUT2D eigenvalue weighted by Crippen LogP contribution is 2.43. The number of carbonyl (C=O) groups is 2. The van der Waals surface area contributed by atoms with Crippen molar-refractivity contribution in [1.82, 2.24) is 5.32 Å². The third kappa shape index (κ3) is 6.09. The molecule has 1 aliphatic heterocycles. The van der Waals surface area contributed by atoms with Gasteiger partial charge < -0.3 is 25.2 Å². The van der Waals surface area contributed by atoms with Gasteiger partial charge in [-0.1, -0.05) is 48.2 Å². The number of nitrogens with one attached hydrogen (secondary N) is 2.